The Balaban J connectivity index is -0.00000422. The lowest BCUT2D eigenvalue weighted by Gasteiger charge is -2.39. The van der Waals surface area contributed by atoms with Crippen LogP contribution < -0.4 is 10.6 Å². The largest absolute Gasteiger partial charge is 0.491 e. The van der Waals surface area contributed by atoms with Crippen molar-refractivity contribution in [3.8, 4) is 0 Å². The molecule has 0 aromatic rings. The fraction of sp³-hybridized carbons (Fsp3) is 0.786. The van der Waals surface area contributed by atoms with Gasteiger partial charge in [0, 0.05) is 26.7 Å². The normalized spacial score (nSPS) is 12.8. The van der Waals surface area contributed by atoms with Gasteiger partial charge in [0.1, 0.15) is 31.2 Å². The van der Waals surface area contributed by atoms with E-state index >= 15 is 0 Å². The smallest absolute Gasteiger partial charge is 0.466 e. The number of nitrogens with one attached hydrogen (secondary N) is 2. The molecular formula is C28H58N2O12Si3. The molecule has 0 fully saturated rings. The molecular weight excluding hydrogens is 641 g/mol. The number of ether oxygens (including phenoxy) is 2. The summed E-state index contributed by atoms with van der Waals surface area (Å²) in [7, 11) is -4.76. The third-order valence-electron chi connectivity index (χ3n) is 6.17. The monoisotopic (exact) mass is 698 g/mol. The van der Waals surface area contributed by atoms with E-state index in [0.29, 0.717) is 25.6 Å². The van der Waals surface area contributed by atoms with Gasteiger partial charge in [0.15, 0.2) is 8.32 Å². The second-order valence-electron chi connectivity index (χ2n) is 11.0. The Bertz CT molecular complexity index is 859. The van der Waals surface area contributed by atoms with Crippen molar-refractivity contribution in [2.75, 3.05) is 40.5 Å². The van der Waals surface area contributed by atoms with Crippen LogP contribution in [0.5, 0.6) is 0 Å². The van der Waals surface area contributed by atoms with E-state index in [1.807, 2.05) is 26.7 Å². The van der Waals surface area contributed by atoms with Crippen molar-refractivity contribution in [1.29, 1.82) is 0 Å². The van der Waals surface area contributed by atoms with Crippen molar-refractivity contribution in [1.82, 2.24) is 10.6 Å². The first-order valence-corrected chi connectivity index (χ1v) is 22.8. The van der Waals surface area contributed by atoms with E-state index in [-0.39, 0.29) is 37.6 Å². The van der Waals surface area contributed by atoms with Crippen LogP contribution in [0.2, 0.25) is 38.3 Å². The number of carbonyl (C=O) groups is 6. The highest BCUT2D eigenvalue weighted by Crippen LogP contribution is 2.27. The number of Topliss-reactive ketones (excluding diaryl/α,β-unsaturated/α-hetero) is 2. The van der Waals surface area contributed by atoms with Crippen LogP contribution in [-0.2, 0) is 55.3 Å². The molecule has 0 heterocycles. The van der Waals surface area contributed by atoms with Crippen LogP contribution in [0.15, 0.2) is 0 Å². The highest BCUT2D eigenvalue weighted by atomic mass is 28.5. The molecule has 0 bridgehead atoms. The van der Waals surface area contributed by atoms with E-state index in [2.05, 4.69) is 23.7 Å². The van der Waals surface area contributed by atoms with Crippen LogP contribution in [0, 0.1) is 0 Å². The zero-order chi connectivity index (χ0) is 35.7. The molecule has 2 N–H and O–H groups in total. The lowest BCUT2D eigenvalue weighted by atomic mass is 10.1. The van der Waals surface area contributed by atoms with Crippen LogP contribution in [0.3, 0.4) is 0 Å². The topological polar surface area (TPSA) is 182 Å². The van der Waals surface area contributed by atoms with Crippen LogP contribution in [-0.4, -0.2) is 115 Å². The van der Waals surface area contributed by atoms with Gasteiger partial charge < -0.3 is 46.8 Å². The molecule has 2 atom stereocenters. The lowest BCUT2D eigenvalue weighted by Crippen LogP contribution is -2.57. The molecule has 0 saturated carbocycles. The Labute approximate surface area is 272 Å². The Morgan fingerprint density at radius 2 is 1.20 bits per heavy atom. The second-order valence-corrected chi connectivity index (χ2v) is 22.1. The summed E-state index contributed by atoms with van der Waals surface area (Å²) in [6.45, 7) is 20.1. The minimum absolute atomic E-state index is 0.0403. The predicted octanol–water partition coefficient (Wildman–Crippen LogP) is 2.57. The summed E-state index contributed by atoms with van der Waals surface area (Å²) in [5, 5.41) is 6.28. The third-order valence-corrected chi connectivity index (χ3v) is 17.3. The van der Waals surface area contributed by atoms with Gasteiger partial charge >= 0.3 is 29.3 Å². The molecule has 0 aromatic heterocycles. The molecule has 0 spiro atoms. The van der Waals surface area contributed by atoms with Gasteiger partial charge in [0.2, 0.25) is 0 Å². The van der Waals surface area contributed by atoms with E-state index in [4.69, 9.17) is 36.1 Å². The van der Waals surface area contributed by atoms with E-state index in [0.717, 1.165) is 12.5 Å². The van der Waals surface area contributed by atoms with Crippen molar-refractivity contribution in [2.45, 2.75) is 104 Å². The molecule has 264 valence electrons. The van der Waals surface area contributed by atoms with E-state index in [9.17, 15) is 19.2 Å². The Morgan fingerprint density at radius 1 is 0.711 bits per heavy atom. The van der Waals surface area contributed by atoms with Crippen LogP contribution in [0.25, 0.3) is 0 Å². The van der Waals surface area contributed by atoms with Gasteiger partial charge in [0.05, 0.1) is 25.7 Å². The van der Waals surface area contributed by atoms with Gasteiger partial charge in [-0.2, -0.15) is 0 Å². The van der Waals surface area contributed by atoms with Crippen LogP contribution in [0.1, 0.15) is 53.4 Å². The minimum atomic E-state index is -3.05. The number of carbonyl (C=O) groups excluding carboxylic acids is 6. The van der Waals surface area contributed by atoms with Crippen LogP contribution in [0.4, 0.5) is 0 Å². The van der Waals surface area contributed by atoms with Crippen molar-refractivity contribution in [3.63, 3.8) is 0 Å². The second kappa shape index (κ2) is 26.1. The summed E-state index contributed by atoms with van der Waals surface area (Å²) < 4.78 is 34.8. The molecule has 45 heavy (non-hydrogen) atoms. The first kappa shape index (κ1) is 47.4. The Morgan fingerprint density at radius 3 is 1.64 bits per heavy atom. The quantitative estimate of drug-likeness (QED) is 0.0852. The summed E-state index contributed by atoms with van der Waals surface area (Å²) in [5.74, 6) is -1.03. The summed E-state index contributed by atoms with van der Waals surface area (Å²) in [6.07, 6.45) is 1.46. The minimum Gasteiger partial charge on any atom is -0.466 e. The number of hydrogen-bond donors (Lipinski definition) is 2. The fourth-order valence-electron chi connectivity index (χ4n) is 4.42. The van der Waals surface area contributed by atoms with Gasteiger partial charge in [-0.05, 0) is 85.9 Å². The third kappa shape index (κ3) is 23.1. The van der Waals surface area contributed by atoms with Crippen molar-refractivity contribution < 1.29 is 55.3 Å². The Hall–Kier alpha value is -1.97. The van der Waals surface area contributed by atoms with E-state index < -0.39 is 49.7 Å². The van der Waals surface area contributed by atoms with Gasteiger partial charge in [0.25, 0.3) is 0 Å². The summed E-state index contributed by atoms with van der Waals surface area (Å²) >= 11 is 0. The zero-order valence-electron chi connectivity index (χ0n) is 29.0. The molecule has 0 saturated heterocycles. The molecule has 17 heteroatoms. The van der Waals surface area contributed by atoms with Crippen molar-refractivity contribution in [2.24, 2.45) is 0 Å². The van der Waals surface area contributed by atoms with E-state index in [1.54, 1.807) is 28.1 Å². The number of esters is 2. The molecule has 0 radical (unpaired) electrons. The SMILES string of the molecule is C=O.C=O.CCOC(=O)CC(NCCC[Si](C)(C)O[Si](C)(C)O[Si](CCCNC(CC(C)=O)C(C)=O)(OC)OC)C(=O)OCC. The average molecular weight is 699 g/mol. The summed E-state index contributed by atoms with van der Waals surface area (Å²) in [6, 6.07) is 0.0730. The maximum atomic E-state index is 12.3. The number of ketones is 2. The van der Waals surface area contributed by atoms with Crippen molar-refractivity contribution in [3.05, 3.63) is 0 Å². The van der Waals surface area contributed by atoms with Gasteiger partial charge in [-0.15, -0.1) is 0 Å². The molecule has 0 amide bonds. The molecule has 2 unspecified atom stereocenters. The molecule has 0 aliphatic carbocycles. The molecule has 0 aromatic carbocycles. The predicted molar refractivity (Wildman–Crippen MR) is 177 cm³/mol. The molecule has 14 nitrogen and oxygen atoms in total. The number of hydrogen-bond acceptors (Lipinski definition) is 14. The van der Waals surface area contributed by atoms with E-state index in [1.165, 1.54) is 13.8 Å². The van der Waals surface area contributed by atoms with Gasteiger partial charge in [-0.25, -0.2) is 0 Å². The molecule has 0 rings (SSSR count). The maximum Gasteiger partial charge on any atom is 0.491 e. The molecule has 0 aliphatic heterocycles. The first-order valence-electron chi connectivity index (χ1n) is 14.9. The first-order chi connectivity index (χ1) is 21.1. The summed E-state index contributed by atoms with van der Waals surface area (Å²) in [4.78, 5) is 63.5. The van der Waals surface area contributed by atoms with Crippen LogP contribution >= 0.6 is 0 Å². The number of rotatable bonds is 24. The van der Waals surface area contributed by atoms with Crippen molar-refractivity contribution >= 4 is 62.8 Å². The molecule has 0 aliphatic rings. The highest BCUT2D eigenvalue weighted by Gasteiger charge is 2.47. The highest BCUT2D eigenvalue weighted by molar-refractivity contribution is 6.85. The standard InChI is InChI=1S/C26H54N2O10Si3.2CH2O/c1-11-35-25(31)20-24(26(32)36-12-2)28-15-13-17-39(7,8)37-40(9,10)38-41(33-5,34-6)18-14-16-27-23(22(4)30)19-21(3)29;2*1-2/h23-24,27-28H,11-20H2,1-10H3;2*1H2. The fourth-order valence-corrected chi connectivity index (χ4v) is 17.0. The summed E-state index contributed by atoms with van der Waals surface area (Å²) in [5.41, 5.74) is 0. The zero-order valence-corrected chi connectivity index (χ0v) is 32.0. The lowest BCUT2D eigenvalue weighted by molar-refractivity contribution is -0.152. The average Bonchev–Trinajstić information content (AvgIpc) is 2.97. The van der Waals surface area contributed by atoms with Gasteiger partial charge in [-0.1, -0.05) is 0 Å². The Kier molecular flexibility index (Phi) is 27.6. The van der Waals surface area contributed by atoms with Gasteiger partial charge in [-0.3, -0.25) is 19.2 Å². The maximum absolute atomic E-state index is 12.3.